The number of carbonyl (C=O) groups is 1. The molecule has 0 atom stereocenters. The van der Waals surface area contributed by atoms with E-state index in [9.17, 15) is 26.7 Å². The summed E-state index contributed by atoms with van der Waals surface area (Å²) in [5, 5.41) is 0. The summed E-state index contributed by atoms with van der Waals surface area (Å²) in [5.41, 5.74) is 0. The molecule has 0 saturated heterocycles. The molecule has 0 N–H and O–H groups in total. The van der Waals surface area contributed by atoms with Gasteiger partial charge in [-0.3, -0.25) is 4.79 Å². The molecule has 1 aromatic carbocycles. The number of hydrogen-bond donors (Lipinski definition) is 0. The minimum Gasteiger partial charge on any atom is -0.420 e. The highest BCUT2D eigenvalue weighted by Crippen LogP contribution is 2.28. The smallest absolute Gasteiger partial charge is 0.308 e. The van der Waals surface area contributed by atoms with Crippen LogP contribution in [0, 0.1) is 29.1 Å². The predicted octanol–water partition coefficient (Wildman–Crippen LogP) is 4.36. The Hall–Kier alpha value is -1.66. The molecule has 0 fully saturated rings. The fourth-order valence-electron chi connectivity index (χ4n) is 0.818. The average Bonchev–Trinajstić information content (AvgIpc) is 2.43. The molecule has 0 spiro atoms. The van der Waals surface area contributed by atoms with Crippen LogP contribution in [0.5, 0.6) is 5.75 Å². The molecule has 0 heterocycles. The Labute approximate surface area is 108 Å². The lowest BCUT2D eigenvalue weighted by atomic mass is 10.2. The molecule has 19 heavy (non-hydrogen) atoms. The van der Waals surface area contributed by atoms with Gasteiger partial charge in [-0.25, -0.2) is 13.2 Å². The Morgan fingerprint density at radius 2 is 1.00 bits per heavy atom. The second kappa shape index (κ2) is 9.29. The predicted molar refractivity (Wildman–Crippen MR) is 60.2 cm³/mol. The molecule has 7 heteroatoms. The van der Waals surface area contributed by atoms with Crippen LogP contribution in [0.15, 0.2) is 0 Å². The second-order valence-electron chi connectivity index (χ2n) is 2.49. The average molecular weight is 286 g/mol. The zero-order valence-electron chi connectivity index (χ0n) is 11.2. The van der Waals surface area contributed by atoms with Crippen molar-refractivity contribution in [3.05, 3.63) is 29.1 Å². The summed E-state index contributed by atoms with van der Waals surface area (Å²) in [4.78, 5) is 10.3. The van der Waals surface area contributed by atoms with Crippen molar-refractivity contribution in [3.63, 3.8) is 0 Å². The third-order valence-corrected chi connectivity index (χ3v) is 1.42. The highest BCUT2D eigenvalue weighted by atomic mass is 19.2. The van der Waals surface area contributed by atoms with Crippen LogP contribution in [0.1, 0.15) is 34.6 Å². The molecule has 110 valence electrons. The number of benzene rings is 1. The van der Waals surface area contributed by atoms with Crippen LogP contribution in [-0.4, -0.2) is 5.97 Å². The van der Waals surface area contributed by atoms with Crippen molar-refractivity contribution in [2.24, 2.45) is 0 Å². The van der Waals surface area contributed by atoms with Crippen LogP contribution in [0.25, 0.3) is 0 Å². The molecule has 0 aromatic heterocycles. The van der Waals surface area contributed by atoms with Gasteiger partial charge in [-0.1, -0.05) is 27.7 Å². The van der Waals surface area contributed by atoms with Gasteiger partial charge < -0.3 is 4.74 Å². The summed E-state index contributed by atoms with van der Waals surface area (Å²) < 4.78 is 66.9. The van der Waals surface area contributed by atoms with E-state index in [-0.39, 0.29) is 0 Å². The van der Waals surface area contributed by atoms with Gasteiger partial charge in [-0.15, -0.1) is 0 Å². The number of ether oxygens (including phenoxy) is 1. The van der Waals surface area contributed by atoms with Crippen LogP contribution < -0.4 is 4.74 Å². The highest BCUT2D eigenvalue weighted by Gasteiger charge is 2.27. The Kier molecular flexibility index (Phi) is 9.62. The molecule has 1 aromatic rings. The van der Waals surface area contributed by atoms with E-state index in [1.807, 2.05) is 27.7 Å². The summed E-state index contributed by atoms with van der Waals surface area (Å²) in [5.74, 6) is -13.8. The number of halogens is 5. The van der Waals surface area contributed by atoms with Crippen LogP contribution in [-0.2, 0) is 4.79 Å². The van der Waals surface area contributed by atoms with Gasteiger partial charge in [0.2, 0.25) is 34.8 Å². The highest BCUT2D eigenvalue weighted by molar-refractivity contribution is 5.69. The normalized spacial score (nSPS) is 8.74. The molecule has 0 saturated carbocycles. The Balaban J connectivity index is 0. The van der Waals surface area contributed by atoms with Gasteiger partial charge in [0.05, 0.1) is 0 Å². The Morgan fingerprint density at radius 3 is 1.26 bits per heavy atom. The van der Waals surface area contributed by atoms with Gasteiger partial charge in [0.25, 0.3) is 0 Å². The second-order valence-corrected chi connectivity index (χ2v) is 2.49. The molecule has 2 nitrogen and oxygen atoms in total. The van der Waals surface area contributed by atoms with Gasteiger partial charge in [0.1, 0.15) is 0 Å². The van der Waals surface area contributed by atoms with E-state index in [2.05, 4.69) is 4.74 Å². The zero-order chi connectivity index (χ0) is 15.7. The third kappa shape index (κ3) is 4.84. The summed E-state index contributed by atoms with van der Waals surface area (Å²) in [6.45, 7) is 8.76. The third-order valence-electron chi connectivity index (χ3n) is 1.42. The quantitative estimate of drug-likeness (QED) is 0.252. The maximum atomic E-state index is 12.8. The molecule has 1 rings (SSSR count). The summed E-state index contributed by atoms with van der Waals surface area (Å²) >= 11 is 0. The largest absolute Gasteiger partial charge is 0.420 e. The fraction of sp³-hybridized carbons (Fsp3) is 0.417. The minimum atomic E-state index is -2.30. The van der Waals surface area contributed by atoms with Crippen LogP contribution in [0.2, 0.25) is 0 Å². The maximum absolute atomic E-state index is 12.8. The van der Waals surface area contributed by atoms with Crippen molar-refractivity contribution in [1.29, 1.82) is 0 Å². The van der Waals surface area contributed by atoms with Crippen molar-refractivity contribution in [1.82, 2.24) is 0 Å². The first-order valence-electron chi connectivity index (χ1n) is 5.56. The van der Waals surface area contributed by atoms with Gasteiger partial charge in [0, 0.05) is 6.92 Å². The first kappa shape index (κ1) is 19.7. The standard InChI is InChI=1S/C8H3F5O2.2C2H6/c1-2(14)15-8-6(12)4(10)3(9)5(11)7(8)13;2*1-2/h1H3;2*1-2H3. The minimum absolute atomic E-state index is 0.762. The molecule has 0 aliphatic heterocycles. The molecule has 0 amide bonds. The molecular formula is C12H15F5O2. The van der Waals surface area contributed by atoms with Crippen LogP contribution in [0.3, 0.4) is 0 Å². The topological polar surface area (TPSA) is 26.3 Å². The van der Waals surface area contributed by atoms with Crippen molar-refractivity contribution in [2.45, 2.75) is 34.6 Å². The lowest BCUT2D eigenvalue weighted by Gasteiger charge is -2.06. The lowest BCUT2D eigenvalue weighted by Crippen LogP contribution is -2.10. The fourth-order valence-corrected chi connectivity index (χ4v) is 0.818. The van der Waals surface area contributed by atoms with Crippen molar-refractivity contribution < 1.29 is 31.5 Å². The summed E-state index contributed by atoms with van der Waals surface area (Å²) in [7, 11) is 0. The van der Waals surface area contributed by atoms with Crippen LogP contribution in [0.4, 0.5) is 22.0 Å². The van der Waals surface area contributed by atoms with E-state index >= 15 is 0 Å². The van der Waals surface area contributed by atoms with Crippen molar-refractivity contribution in [3.8, 4) is 5.75 Å². The Morgan fingerprint density at radius 1 is 0.737 bits per heavy atom. The Bertz CT molecular complexity index is 404. The number of rotatable bonds is 1. The maximum Gasteiger partial charge on any atom is 0.308 e. The first-order chi connectivity index (χ1) is 8.86. The molecule has 0 aliphatic rings. The van der Waals surface area contributed by atoms with Gasteiger partial charge in [0.15, 0.2) is 0 Å². The van der Waals surface area contributed by atoms with E-state index in [1.54, 1.807) is 0 Å². The van der Waals surface area contributed by atoms with Gasteiger partial charge in [-0.2, -0.15) is 8.78 Å². The number of hydrogen-bond acceptors (Lipinski definition) is 2. The molecule has 0 bridgehead atoms. The lowest BCUT2D eigenvalue weighted by molar-refractivity contribution is -0.132. The van der Waals surface area contributed by atoms with E-state index in [0.29, 0.717) is 0 Å². The molecular weight excluding hydrogens is 271 g/mol. The van der Waals surface area contributed by atoms with E-state index in [0.717, 1.165) is 6.92 Å². The monoisotopic (exact) mass is 286 g/mol. The SMILES string of the molecule is CC.CC.CC(=O)Oc1c(F)c(F)c(F)c(F)c1F. The molecule has 0 radical (unpaired) electrons. The number of carbonyl (C=O) groups excluding carboxylic acids is 1. The summed E-state index contributed by atoms with van der Waals surface area (Å²) in [6.07, 6.45) is 0. The van der Waals surface area contributed by atoms with E-state index < -0.39 is 40.8 Å². The first-order valence-corrected chi connectivity index (χ1v) is 5.56. The molecule has 0 unspecified atom stereocenters. The molecule has 0 aliphatic carbocycles. The van der Waals surface area contributed by atoms with E-state index in [4.69, 9.17) is 0 Å². The summed E-state index contributed by atoms with van der Waals surface area (Å²) in [6, 6.07) is 0. The van der Waals surface area contributed by atoms with Gasteiger partial charge in [-0.05, 0) is 0 Å². The van der Waals surface area contributed by atoms with Crippen LogP contribution >= 0.6 is 0 Å². The zero-order valence-corrected chi connectivity index (χ0v) is 11.2. The van der Waals surface area contributed by atoms with E-state index in [1.165, 1.54) is 0 Å². The van der Waals surface area contributed by atoms with Gasteiger partial charge >= 0.3 is 5.97 Å². The van der Waals surface area contributed by atoms with Crippen molar-refractivity contribution >= 4 is 5.97 Å². The van der Waals surface area contributed by atoms with Crippen molar-refractivity contribution in [2.75, 3.05) is 0 Å². The number of esters is 1.